The monoisotopic (exact) mass is 258 g/mol. The summed E-state index contributed by atoms with van der Waals surface area (Å²) in [6.07, 6.45) is 2.93. The van der Waals surface area contributed by atoms with Crippen molar-refractivity contribution in [3.8, 4) is 0 Å². The molecule has 3 rings (SSSR count). The maximum Gasteiger partial charge on any atom is 0.235 e. The van der Waals surface area contributed by atoms with Crippen LogP contribution in [0.5, 0.6) is 0 Å². The summed E-state index contributed by atoms with van der Waals surface area (Å²) in [5, 5.41) is 8.09. The summed E-state index contributed by atoms with van der Waals surface area (Å²) in [6, 6.07) is 6.07. The van der Waals surface area contributed by atoms with E-state index in [2.05, 4.69) is 21.2 Å². The summed E-state index contributed by atoms with van der Waals surface area (Å²) in [6.45, 7) is 3.66. The molecule has 5 nitrogen and oxygen atoms in total. The molecule has 0 fully saturated rings. The summed E-state index contributed by atoms with van der Waals surface area (Å²) in [5.41, 5.74) is 9.36. The number of hydrogen-bond donors (Lipinski definition) is 1. The van der Waals surface area contributed by atoms with Gasteiger partial charge in [0.2, 0.25) is 11.8 Å². The lowest BCUT2D eigenvalue weighted by molar-refractivity contribution is 0.447. The molecule has 1 aromatic carbocycles. The molecule has 2 aromatic rings. The van der Waals surface area contributed by atoms with Crippen LogP contribution in [0.4, 0.5) is 11.4 Å². The van der Waals surface area contributed by atoms with Crippen LogP contribution in [0.2, 0.25) is 0 Å². The summed E-state index contributed by atoms with van der Waals surface area (Å²) < 4.78 is 5.59. The fourth-order valence-corrected chi connectivity index (χ4v) is 2.55. The summed E-state index contributed by atoms with van der Waals surface area (Å²) in [7, 11) is 0. The number of aromatic nitrogens is 2. The lowest BCUT2D eigenvalue weighted by atomic mass is 10.00. The van der Waals surface area contributed by atoms with E-state index in [4.69, 9.17) is 10.2 Å². The molecule has 0 unspecified atom stereocenters. The Hall–Kier alpha value is -2.04. The summed E-state index contributed by atoms with van der Waals surface area (Å²) in [5.74, 6) is 1.37. The molecule has 0 aliphatic carbocycles. The number of anilines is 2. The number of nitrogen functional groups attached to an aromatic ring is 1. The van der Waals surface area contributed by atoms with Gasteiger partial charge >= 0.3 is 0 Å². The zero-order valence-electron chi connectivity index (χ0n) is 11.1. The predicted octanol–water partition coefficient (Wildman–Crippen LogP) is 2.17. The first-order chi connectivity index (χ1) is 9.28. The highest BCUT2D eigenvalue weighted by Crippen LogP contribution is 2.31. The molecule has 1 aliphatic rings. The lowest BCUT2D eigenvalue weighted by Gasteiger charge is -2.30. The van der Waals surface area contributed by atoms with Gasteiger partial charge in [0, 0.05) is 24.3 Å². The van der Waals surface area contributed by atoms with Crippen molar-refractivity contribution in [2.24, 2.45) is 0 Å². The Morgan fingerprint density at radius 1 is 1.32 bits per heavy atom. The molecule has 0 spiro atoms. The van der Waals surface area contributed by atoms with Gasteiger partial charge in [-0.1, -0.05) is 13.0 Å². The van der Waals surface area contributed by atoms with Crippen LogP contribution in [0.15, 0.2) is 22.6 Å². The zero-order valence-corrected chi connectivity index (χ0v) is 11.1. The van der Waals surface area contributed by atoms with E-state index in [0.717, 1.165) is 31.5 Å². The maximum absolute atomic E-state index is 6.04. The Morgan fingerprint density at radius 3 is 2.95 bits per heavy atom. The average molecular weight is 258 g/mol. The third-order valence-corrected chi connectivity index (χ3v) is 3.52. The Bertz CT molecular complexity index is 579. The second-order valence-corrected chi connectivity index (χ2v) is 4.81. The summed E-state index contributed by atoms with van der Waals surface area (Å²) >= 11 is 0. The van der Waals surface area contributed by atoms with Crippen molar-refractivity contribution < 1.29 is 4.42 Å². The van der Waals surface area contributed by atoms with Crippen molar-refractivity contribution >= 4 is 11.4 Å². The Balaban J connectivity index is 1.85. The van der Waals surface area contributed by atoms with Crippen molar-refractivity contribution in [2.75, 3.05) is 17.2 Å². The van der Waals surface area contributed by atoms with Gasteiger partial charge in [-0.05, 0) is 30.5 Å². The van der Waals surface area contributed by atoms with E-state index < -0.39 is 0 Å². The number of rotatable bonds is 3. The molecule has 0 atom stereocenters. The van der Waals surface area contributed by atoms with Crippen LogP contribution in [0.1, 0.15) is 30.7 Å². The van der Waals surface area contributed by atoms with Crippen molar-refractivity contribution in [3.63, 3.8) is 0 Å². The minimum Gasteiger partial charge on any atom is -0.423 e. The number of benzene rings is 1. The molecule has 1 aliphatic heterocycles. The molecule has 0 bridgehead atoms. The standard InChI is InChI=1S/C14H18N4O/c1-2-13-16-17-14(19-13)9-18-8-4-5-10-11(15)6-3-7-12(10)18/h3,6-7H,2,4-5,8-9,15H2,1H3. The van der Waals surface area contributed by atoms with Crippen LogP contribution in [-0.4, -0.2) is 16.7 Å². The van der Waals surface area contributed by atoms with Gasteiger partial charge in [-0.25, -0.2) is 0 Å². The zero-order chi connectivity index (χ0) is 13.2. The van der Waals surface area contributed by atoms with Crippen LogP contribution in [-0.2, 0) is 19.4 Å². The third kappa shape index (κ3) is 2.28. The molecule has 2 N–H and O–H groups in total. The van der Waals surface area contributed by atoms with Crippen molar-refractivity contribution in [2.45, 2.75) is 32.7 Å². The molecule has 5 heteroatoms. The van der Waals surface area contributed by atoms with Gasteiger partial charge in [0.25, 0.3) is 0 Å². The maximum atomic E-state index is 6.04. The fourth-order valence-electron chi connectivity index (χ4n) is 2.55. The van der Waals surface area contributed by atoms with E-state index in [1.807, 2.05) is 19.1 Å². The molecular weight excluding hydrogens is 240 g/mol. The Labute approximate surface area is 112 Å². The normalized spacial score (nSPS) is 14.5. The first-order valence-corrected chi connectivity index (χ1v) is 6.71. The predicted molar refractivity (Wildman–Crippen MR) is 73.9 cm³/mol. The topological polar surface area (TPSA) is 68.2 Å². The minimum atomic E-state index is 0.656. The van der Waals surface area contributed by atoms with Crippen LogP contribution in [0.25, 0.3) is 0 Å². The molecule has 19 heavy (non-hydrogen) atoms. The lowest BCUT2D eigenvalue weighted by Crippen LogP contribution is -2.29. The van der Waals surface area contributed by atoms with E-state index in [0.29, 0.717) is 18.3 Å². The van der Waals surface area contributed by atoms with E-state index in [1.165, 1.54) is 11.3 Å². The van der Waals surface area contributed by atoms with Gasteiger partial charge in [0.15, 0.2) is 0 Å². The van der Waals surface area contributed by atoms with Crippen LogP contribution in [0, 0.1) is 0 Å². The second kappa shape index (κ2) is 4.91. The molecule has 0 saturated heterocycles. The molecule has 2 heterocycles. The smallest absolute Gasteiger partial charge is 0.235 e. The van der Waals surface area contributed by atoms with Gasteiger partial charge in [-0.15, -0.1) is 10.2 Å². The molecular formula is C14H18N4O. The van der Waals surface area contributed by atoms with Crippen LogP contribution in [0.3, 0.4) is 0 Å². The highest BCUT2D eigenvalue weighted by molar-refractivity contribution is 5.66. The molecule has 100 valence electrons. The van der Waals surface area contributed by atoms with Gasteiger partial charge in [-0.3, -0.25) is 0 Å². The quantitative estimate of drug-likeness (QED) is 0.854. The number of aryl methyl sites for hydroxylation is 1. The van der Waals surface area contributed by atoms with Gasteiger partial charge in [-0.2, -0.15) is 0 Å². The number of nitrogens with zero attached hydrogens (tertiary/aromatic N) is 3. The number of nitrogens with two attached hydrogens (primary N) is 1. The molecule has 0 radical (unpaired) electrons. The largest absolute Gasteiger partial charge is 0.423 e. The number of fused-ring (bicyclic) bond motifs is 1. The van der Waals surface area contributed by atoms with E-state index in [-0.39, 0.29) is 0 Å². The van der Waals surface area contributed by atoms with Crippen LogP contribution >= 0.6 is 0 Å². The van der Waals surface area contributed by atoms with Crippen molar-refractivity contribution in [1.29, 1.82) is 0 Å². The molecule has 0 amide bonds. The first-order valence-electron chi connectivity index (χ1n) is 6.71. The minimum absolute atomic E-state index is 0.656. The van der Waals surface area contributed by atoms with Crippen LogP contribution < -0.4 is 10.6 Å². The average Bonchev–Trinajstić information content (AvgIpc) is 2.88. The highest BCUT2D eigenvalue weighted by atomic mass is 16.4. The SMILES string of the molecule is CCc1nnc(CN2CCCc3c(N)cccc32)o1. The van der Waals surface area contributed by atoms with E-state index >= 15 is 0 Å². The van der Waals surface area contributed by atoms with E-state index in [1.54, 1.807) is 0 Å². The molecule has 1 aromatic heterocycles. The second-order valence-electron chi connectivity index (χ2n) is 4.81. The highest BCUT2D eigenvalue weighted by Gasteiger charge is 2.20. The molecule has 0 saturated carbocycles. The Kier molecular flexibility index (Phi) is 3.11. The van der Waals surface area contributed by atoms with E-state index in [9.17, 15) is 0 Å². The number of hydrogen-bond acceptors (Lipinski definition) is 5. The third-order valence-electron chi connectivity index (χ3n) is 3.52. The van der Waals surface area contributed by atoms with Crippen molar-refractivity contribution in [1.82, 2.24) is 10.2 Å². The summed E-state index contributed by atoms with van der Waals surface area (Å²) in [4.78, 5) is 2.27. The first kappa shape index (κ1) is 12.0. The van der Waals surface area contributed by atoms with Gasteiger partial charge < -0.3 is 15.1 Å². The Morgan fingerprint density at radius 2 is 2.16 bits per heavy atom. The van der Waals surface area contributed by atoms with Crippen molar-refractivity contribution in [3.05, 3.63) is 35.5 Å². The van der Waals surface area contributed by atoms with Gasteiger partial charge in [0.05, 0.1) is 6.54 Å². The van der Waals surface area contributed by atoms with Gasteiger partial charge in [0.1, 0.15) is 0 Å². The fraction of sp³-hybridized carbons (Fsp3) is 0.429.